The molecule has 5 heteroatoms. The van der Waals surface area contributed by atoms with Crippen molar-refractivity contribution in [1.29, 1.82) is 0 Å². The van der Waals surface area contributed by atoms with E-state index in [-0.39, 0.29) is 5.69 Å². The van der Waals surface area contributed by atoms with Gasteiger partial charge in [0.2, 0.25) is 0 Å². The number of aromatic nitrogens is 2. The number of carboxylic acid groups (broad SMARTS) is 1. The fourth-order valence-electron chi connectivity index (χ4n) is 1.49. The van der Waals surface area contributed by atoms with Gasteiger partial charge in [0.15, 0.2) is 5.69 Å². The first-order valence-corrected chi connectivity index (χ1v) is 5.50. The van der Waals surface area contributed by atoms with Gasteiger partial charge in [-0.3, -0.25) is 0 Å². The van der Waals surface area contributed by atoms with Gasteiger partial charge in [-0.05, 0) is 36.5 Å². The summed E-state index contributed by atoms with van der Waals surface area (Å²) in [4.78, 5) is 11.6. The molecule has 82 valence electrons. The first-order chi connectivity index (χ1) is 7.59. The molecule has 0 aliphatic heterocycles. The van der Waals surface area contributed by atoms with E-state index in [1.165, 1.54) is 0 Å². The van der Waals surface area contributed by atoms with E-state index in [9.17, 15) is 4.79 Å². The average Bonchev–Trinajstić information content (AvgIpc) is 2.70. The Labute approximate surface area is 96.7 Å². The number of aromatic carboxylic acids is 1. The lowest BCUT2D eigenvalue weighted by molar-refractivity contribution is 0.0691. The first-order valence-electron chi connectivity index (χ1n) is 4.73. The molecule has 16 heavy (non-hydrogen) atoms. The summed E-state index contributed by atoms with van der Waals surface area (Å²) in [5, 5.41) is 12.6. The summed E-state index contributed by atoms with van der Waals surface area (Å²) in [5.41, 5.74) is 3.04. The number of benzene rings is 1. The lowest BCUT2D eigenvalue weighted by atomic mass is 10.0. The van der Waals surface area contributed by atoms with Crippen LogP contribution in [0.5, 0.6) is 0 Å². The SMILES string of the molecule is Cc1ccc(C)c(-c2snnc2C(=O)O)c1. The van der Waals surface area contributed by atoms with E-state index in [4.69, 9.17) is 5.11 Å². The molecule has 0 bridgehead atoms. The summed E-state index contributed by atoms with van der Waals surface area (Å²) in [6, 6.07) is 5.92. The number of aryl methyl sites for hydroxylation is 2. The van der Waals surface area contributed by atoms with Crippen LogP contribution in [-0.4, -0.2) is 20.7 Å². The molecule has 2 aromatic rings. The van der Waals surface area contributed by atoms with Crippen LogP contribution in [0.2, 0.25) is 0 Å². The van der Waals surface area contributed by atoms with Crippen molar-refractivity contribution in [2.24, 2.45) is 0 Å². The summed E-state index contributed by atoms with van der Waals surface area (Å²) in [7, 11) is 0. The lowest BCUT2D eigenvalue weighted by Gasteiger charge is -2.04. The number of hydrogen-bond acceptors (Lipinski definition) is 4. The number of hydrogen-bond donors (Lipinski definition) is 1. The first kappa shape index (κ1) is 10.8. The van der Waals surface area contributed by atoms with Crippen molar-refractivity contribution >= 4 is 17.5 Å². The van der Waals surface area contributed by atoms with Crippen molar-refractivity contribution in [1.82, 2.24) is 9.59 Å². The molecule has 1 N–H and O–H groups in total. The third-order valence-electron chi connectivity index (χ3n) is 2.33. The Kier molecular flexibility index (Phi) is 2.70. The maximum atomic E-state index is 11.0. The van der Waals surface area contributed by atoms with E-state index in [0.717, 1.165) is 28.2 Å². The predicted octanol–water partition coefficient (Wildman–Crippen LogP) is 2.52. The van der Waals surface area contributed by atoms with Crippen molar-refractivity contribution in [3.8, 4) is 10.4 Å². The summed E-state index contributed by atoms with van der Waals surface area (Å²) >= 11 is 1.11. The molecule has 4 nitrogen and oxygen atoms in total. The third-order valence-corrected chi connectivity index (χ3v) is 3.09. The van der Waals surface area contributed by atoms with E-state index in [0.29, 0.717) is 4.88 Å². The minimum absolute atomic E-state index is 0.0266. The normalized spacial score (nSPS) is 10.4. The molecular weight excluding hydrogens is 224 g/mol. The second-order valence-electron chi connectivity index (χ2n) is 3.57. The second kappa shape index (κ2) is 4.02. The Hall–Kier alpha value is -1.75. The summed E-state index contributed by atoms with van der Waals surface area (Å²) < 4.78 is 3.70. The van der Waals surface area contributed by atoms with Gasteiger partial charge in [0.25, 0.3) is 0 Å². The van der Waals surface area contributed by atoms with E-state index >= 15 is 0 Å². The third kappa shape index (κ3) is 1.81. The van der Waals surface area contributed by atoms with Crippen LogP contribution in [0.25, 0.3) is 10.4 Å². The van der Waals surface area contributed by atoms with E-state index in [1.807, 2.05) is 32.0 Å². The molecule has 0 saturated carbocycles. The van der Waals surface area contributed by atoms with Crippen LogP contribution in [0.3, 0.4) is 0 Å². The van der Waals surface area contributed by atoms with E-state index in [1.54, 1.807) is 0 Å². The Morgan fingerprint density at radius 2 is 2.12 bits per heavy atom. The topological polar surface area (TPSA) is 63.1 Å². The van der Waals surface area contributed by atoms with Gasteiger partial charge in [0.05, 0.1) is 4.88 Å². The summed E-state index contributed by atoms with van der Waals surface area (Å²) in [5.74, 6) is -1.04. The van der Waals surface area contributed by atoms with Gasteiger partial charge in [0, 0.05) is 0 Å². The van der Waals surface area contributed by atoms with Crippen LogP contribution in [0.15, 0.2) is 18.2 Å². The number of rotatable bonds is 2. The van der Waals surface area contributed by atoms with E-state index in [2.05, 4.69) is 9.59 Å². The number of carbonyl (C=O) groups is 1. The highest BCUT2D eigenvalue weighted by atomic mass is 32.1. The maximum absolute atomic E-state index is 11.0. The van der Waals surface area contributed by atoms with Gasteiger partial charge >= 0.3 is 5.97 Å². The fraction of sp³-hybridized carbons (Fsp3) is 0.182. The molecule has 0 aliphatic carbocycles. The zero-order valence-electron chi connectivity index (χ0n) is 8.89. The van der Waals surface area contributed by atoms with Gasteiger partial charge in [-0.1, -0.05) is 28.3 Å². The Morgan fingerprint density at radius 3 is 2.81 bits per heavy atom. The fourth-order valence-corrected chi connectivity index (χ4v) is 2.22. The molecular formula is C11H10N2O2S. The molecule has 0 atom stereocenters. The largest absolute Gasteiger partial charge is 0.476 e. The van der Waals surface area contributed by atoms with E-state index < -0.39 is 5.97 Å². The van der Waals surface area contributed by atoms with Crippen molar-refractivity contribution in [3.63, 3.8) is 0 Å². The number of nitrogens with zero attached hydrogens (tertiary/aromatic N) is 2. The molecule has 0 radical (unpaired) electrons. The highest BCUT2D eigenvalue weighted by Crippen LogP contribution is 2.29. The van der Waals surface area contributed by atoms with Crippen molar-refractivity contribution in [2.75, 3.05) is 0 Å². The molecule has 0 unspecified atom stereocenters. The van der Waals surface area contributed by atoms with Crippen LogP contribution in [0.4, 0.5) is 0 Å². The van der Waals surface area contributed by atoms with Crippen molar-refractivity contribution < 1.29 is 9.90 Å². The highest BCUT2D eigenvalue weighted by Gasteiger charge is 2.18. The Morgan fingerprint density at radius 1 is 1.38 bits per heavy atom. The quantitative estimate of drug-likeness (QED) is 0.867. The molecule has 2 rings (SSSR count). The second-order valence-corrected chi connectivity index (χ2v) is 4.33. The summed E-state index contributed by atoms with van der Waals surface area (Å²) in [6.07, 6.45) is 0. The van der Waals surface area contributed by atoms with Gasteiger partial charge in [-0.25, -0.2) is 4.79 Å². The Balaban J connectivity index is 2.62. The minimum Gasteiger partial charge on any atom is -0.476 e. The molecule has 1 aromatic heterocycles. The number of carboxylic acids is 1. The lowest BCUT2D eigenvalue weighted by Crippen LogP contribution is -1.99. The van der Waals surface area contributed by atoms with Crippen molar-refractivity contribution in [2.45, 2.75) is 13.8 Å². The molecule has 0 amide bonds. The molecule has 0 saturated heterocycles. The van der Waals surface area contributed by atoms with Gasteiger partial charge in [-0.15, -0.1) is 5.10 Å². The van der Waals surface area contributed by atoms with Gasteiger partial charge in [-0.2, -0.15) is 0 Å². The Bertz CT molecular complexity index is 549. The van der Waals surface area contributed by atoms with Crippen LogP contribution in [0, 0.1) is 13.8 Å². The minimum atomic E-state index is -1.04. The van der Waals surface area contributed by atoms with Crippen LogP contribution < -0.4 is 0 Å². The molecule has 0 aliphatic rings. The highest BCUT2D eigenvalue weighted by molar-refractivity contribution is 7.09. The smallest absolute Gasteiger partial charge is 0.358 e. The van der Waals surface area contributed by atoms with Gasteiger partial charge < -0.3 is 5.11 Å². The average molecular weight is 234 g/mol. The predicted molar refractivity (Wildman–Crippen MR) is 61.8 cm³/mol. The van der Waals surface area contributed by atoms with Crippen LogP contribution in [0.1, 0.15) is 21.6 Å². The monoisotopic (exact) mass is 234 g/mol. The standard InChI is InChI=1S/C11H10N2O2S/c1-6-3-4-7(2)8(5-6)10-9(11(14)15)12-13-16-10/h3-5H,1-2H3,(H,14,15). The molecule has 1 heterocycles. The molecule has 0 fully saturated rings. The molecule has 1 aromatic carbocycles. The van der Waals surface area contributed by atoms with Crippen LogP contribution in [-0.2, 0) is 0 Å². The maximum Gasteiger partial charge on any atom is 0.358 e. The van der Waals surface area contributed by atoms with Crippen LogP contribution >= 0.6 is 11.5 Å². The zero-order valence-corrected chi connectivity index (χ0v) is 9.71. The van der Waals surface area contributed by atoms with Gasteiger partial charge in [0.1, 0.15) is 0 Å². The zero-order chi connectivity index (χ0) is 11.7. The summed E-state index contributed by atoms with van der Waals surface area (Å²) in [6.45, 7) is 3.91. The molecule has 0 spiro atoms. The van der Waals surface area contributed by atoms with Crippen molar-refractivity contribution in [3.05, 3.63) is 35.0 Å².